The summed E-state index contributed by atoms with van der Waals surface area (Å²) >= 11 is 0. The van der Waals surface area contributed by atoms with E-state index in [-0.39, 0.29) is 11.9 Å². The number of rotatable bonds is 3. The van der Waals surface area contributed by atoms with Crippen LogP contribution in [0.25, 0.3) is 0 Å². The quantitative estimate of drug-likeness (QED) is 0.694. The highest BCUT2D eigenvalue weighted by atomic mass is 16.5. The van der Waals surface area contributed by atoms with Crippen molar-refractivity contribution in [3.05, 3.63) is 65.2 Å². The highest BCUT2D eigenvalue weighted by molar-refractivity contribution is 5.71. The van der Waals surface area contributed by atoms with E-state index in [0.717, 1.165) is 12.1 Å². The van der Waals surface area contributed by atoms with Crippen LogP contribution in [0.5, 0.6) is 0 Å². The average Bonchev–Trinajstić information content (AvgIpc) is 2.87. The number of benzene rings is 2. The molecule has 0 spiro atoms. The lowest BCUT2D eigenvalue weighted by Gasteiger charge is -2.20. The molecule has 0 saturated carbocycles. The van der Waals surface area contributed by atoms with Crippen LogP contribution in [0.4, 0.5) is 5.69 Å². The minimum atomic E-state index is -0.155. The Hall–Kier alpha value is -2.29. The van der Waals surface area contributed by atoms with Crippen molar-refractivity contribution in [1.82, 2.24) is 0 Å². The molecule has 3 nitrogen and oxygen atoms in total. The van der Waals surface area contributed by atoms with Crippen molar-refractivity contribution < 1.29 is 9.53 Å². The van der Waals surface area contributed by atoms with Gasteiger partial charge in [0.05, 0.1) is 13.5 Å². The molecule has 1 aliphatic rings. The monoisotopic (exact) mass is 281 g/mol. The summed E-state index contributed by atoms with van der Waals surface area (Å²) in [6.07, 6.45) is 1.38. The van der Waals surface area contributed by atoms with Gasteiger partial charge in [0.2, 0.25) is 0 Å². The van der Waals surface area contributed by atoms with Crippen LogP contribution in [-0.4, -0.2) is 13.1 Å². The van der Waals surface area contributed by atoms with Crippen molar-refractivity contribution in [3.63, 3.8) is 0 Å². The van der Waals surface area contributed by atoms with Crippen LogP contribution in [0.1, 0.15) is 34.9 Å². The summed E-state index contributed by atoms with van der Waals surface area (Å²) in [5, 5.41) is 0. The molecule has 21 heavy (non-hydrogen) atoms. The second kappa shape index (κ2) is 5.60. The number of hydrogen-bond acceptors (Lipinski definition) is 3. The van der Waals surface area contributed by atoms with E-state index < -0.39 is 0 Å². The number of nitrogen functional groups attached to an aromatic ring is 1. The molecule has 0 fully saturated rings. The van der Waals surface area contributed by atoms with Crippen LogP contribution >= 0.6 is 0 Å². The van der Waals surface area contributed by atoms with E-state index in [2.05, 4.69) is 30.3 Å². The predicted octanol–water partition coefficient (Wildman–Crippen LogP) is 3.26. The third-order valence-electron chi connectivity index (χ3n) is 4.36. The summed E-state index contributed by atoms with van der Waals surface area (Å²) in [6.45, 7) is 0. The summed E-state index contributed by atoms with van der Waals surface area (Å²) in [6, 6.07) is 16.3. The summed E-state index contributed by atoms with van der Waals surface area (Å²) in [4.78, 5) is 11.8. The molecule has 2 unspecified atom stereocenters. The fourth-order valence-corrected chi connectivity index (χ4v) is 3.29. The van der Waals surface area contributed by atoms with Crippen molar-refractivity contribution in [2.24, 2.45) is 0 Å². The summed E-state index contributed by atoms with van der Waals surface area (Å²) in [5.41, 5.74) is 10.4. The SMILES string of the molecule is COC(=O)CC1c2ccccc2CC1c1ccc(N)cc1. The van der Waals surface area contributed by atoms with Gasteiger partial charge in [0.15, 0.2) is 0 Å². The Balaban J connectivity index is 1.96. The van der Waals surface area contributed by atoms with E-state index >= 15 is 0 Å². The van der Waals surface area contributed by atoms with Gasteiger partial charge >= 0.3 is 5.97 Å². The molecule has 0 radical (unpaired) electrons. The molecule has 2 aromatic carbocycles. The van der Waals surface area contributed by atoms with Crippen molar-refractivity contribution in [2.45, 2.75) is 24.7 Å². The number of fused-ring (bicyclic) bond motifs is 1. The fourth-order valence-electron chi connectivity index (χ4n) is 3.29. The lowest BCUT2D eigenvalue weighted by Crippen LogP contribution is -2.12. The lowest BCUT2D eigenvalue weighted by molar-refractivity contribution is -0.141. The van der Waals surface area contributed by atoms with Crippen LogP contribution in [-0.2, 0) is 16.0 Å². The third-order valence-corrected chi connectivity index (χ3v) is 4.36. The molecule has 2 atom stereocenters. The topological polar surface area (TPSA) is 52.3 Å². The number of esters is 1. The molecule has 2 aromatic rings. The first kappa shape index (κ1) is 13.7. The van der Waals surface area contributed by atoms with E-state index in [0.29, 0.717) is 12.3 Å². The Morgan fingerprint density at radius 2 is 1.90 bits per heavy atom. The molecule has 2 N–H and O–H groups in total. The highest BCUT2D eigenvalue weighted by Crippen LogP contribution is 2.46. The zero-order valence-electron chi connectivity index (χ0n) is 12.1. The van der Waals surface area contributed by atoms with Crippen molar-refractivity contribution in [2.75, 3.05) is 12.8 Å². The van der Waals surface area contributed by atoms with Gasteiger partial charge in [-0.25, -0.2) is 0 Å². The third kappa shape index (κ3) is 2.64. The first-order chi connectivity index (χ1) is 10.2. The molecule has 0 aliphatic heterocycles. The summed E-state index contributed by atoms with van der Waals surface area (Å²) in [5.74, 6) is 0.330. The maximum absolute atomic E-state index is 11.8. The Morgan fingerprint density at radius 1 is 1.19 bits per heavy atom. The number of carbonyl (C=O) groups excluding carboxylic acids is 1. The molecule has 0 bridgehead atoms. The van der Waals surface area contributed by atoms with E-state index in [9.17, 15) is 4.79 Å². The van der Waals surface area contributed by atoms with Crippen LogP contribution in [0.2, 0.25) is 0 Å². The van der Waals surface area contributed by atoms with Gasteiger partial charge < -0.3 is 10.5 Å². The van der Waals surface area contributed by atoms with Gasteiger partial charge in [-0.15, -0.1) is 0 Å². The summed E-state index contributed by atoms with van der Waals surface area (Å²) < 4.78 is 4.87. The van der Waals surface area contributed by atoms with E-state index in [4.69, 9.17) is 10.5 Å². The summed E-state index contributed by atoms with van der Waals surface area (Å²) in [7, 11) is 1.45. The minimum absolute atomic E-state index is 0.155. The van der Waals surface area contributed by atoms with Gasteiger partial charge in [0, 0.05) is 11.6 Å². The number of anilines is 1. The van der Waals surface area contributed by atoms with Crippen molar-refractivity contribution in [1.29, 1.82) is 0 Å². The van der Waals surface area contributed by atoms with E-state index in [1.54, 1.807) is 0 Å². The molecule has 0 heterocycles. The Labute approximate surface area is 124 Å². The second-order valence-electron chi connectivity index (χ2n) is 5.56. The average molecular weight is 281 g/mol. The molecule has 108 valence electrons. The molecular weight excluding hydrogens is 262 g/mol. The highest BCUT2D eigenvalue weighted by Gasteiger charge is 2.34. The molecule has 0 saturated heterocycles. The lowest BCUT2D eigenvalue weighted by atomic mass is 9.84. The Bertz CT molecular complexity index is 649. The van der Waals surface area contributed by atoms with Gasteiger partial charge in [-0.1, -0.05) is 36.4 Å². The number of hydrogen-bond donors (Lipinski definition) is 1. The van der Waals surface area contributed by atoms with Gasteiger partial charge in [-0.05, 0) is 41.2 Å². The van der Waals surface area contributed by atoms with Crippen molar-refractivity contribution >= 4 is 11.7 Å². The molecule has 1 aliphatic carbocycles. The Morgan fingerprint density at radius 3 is 2.62 bits per heavy atom. The van der Waals surface area contributed by atoms with Crippen LogP contribution in [0.15, 0.2) is 48.5 Å². The second-order valence-corrected chi connectivity index (χ2v) is 5.56. The maximum Gasteiger partial charge on any atom is 0.306 e. The number of nitrogens with two attached hydrogens (primary N) is 1. The van der Waals surface area contributed by atoms with E-state index in [1.165, 1.54) is 23.8 Å². The van der Waals surface area contributed by atoms with Gasteiger partial charge in [-0.3, -0.25) is 4.79 Å². The molecule has 0 aromatic heterocycles. The zero-order chi connectivity index (χ0) is 14.8. The van der Waals surface area contributed by atoms with Crippen LogP contribution < -0.4 is 5.73 Å². The number of carbonyl (C=O) groups is 1. The zero-order valence-corrected chi connectivity index (χ0v) is 12.1. The fraction of sp³-hybridized carbons (Fsp3) is 0.278. The van der Waals surface area contributed by atoms with Gasteiger partial charge in [0.1, 0.15) is 0 Å². The molecule has 0 amide bonds. The van der Waals surface area contributed by atoms with E-state index in [1.807, 2.05) is 18.2 Å². The number of methoxy groups -OCH3 is 1. The standard InChI is InChI=1S/C18H19NO2/c1-21-18(20)11-17-15-5-3-2-4-13(15)10-16(17)12-6-8-14(19)9-7-12/h2-9,16-17H,10-11,19H2,1H3. The van der Waals surface area contributed by atoms with Crippen LogP contribution in [0.3, 0.4) is 0 Å². The molecular formula is C18H19NO2. The normalized spacial score (nSPS) is 20.0. The van der Waals surface area contributed by atoms with Gasteiger partial charge in [0.25, 0.3) is 0 Å². The minimum Gasteiger partial charge on any atom is -0.469 e. The van der Waals surface area contributed by atoms with Crippen LogP contribution in [0, 0.1) is 0 Å². The molecule has 3 rings (SSSR count). The first-order valence-electron chi connectivity index (χ1n) is 7.19. The largest absolute Gasteiger partial charge is 0.469 e. The smallest absolute Gasteiger partial charge is 0.306 e. The van der Waals surface area contributed by atoms with Crippen molar-refractivity contribution in [3.8, 4) is 0 Å². The molecule has 3 heteroatoms. The van der Waals surface area contributed by atoms with Gasteiger partial charge in [-0.2, -0.15) is 0 Å². The number of ether oxygens (including phenoxy) is 1. The Kier molecular flexibility index (Phi) is 3.65. The maximum atomic E-state index is 11.8. The first-order valence-corrected chi connectivity index (χ1v) is 7.19. The predicted molar refractivity (Wildman–Crippen MR) is 83.1 cm³/mol.